The Labute approximate surface area is 282 Å². The van der Waals surface area contributed by atoms with Crippen molar-refractivity contribution in [1.82, 2.24) is 15.0 Å². The predicted molar refractivity (Wildman–Crippen MR) is 197 cm³/mol. The van der Waals surface area contributed by atoms with E-state index in [4.69, 9.17) is 19.4 Å². The zero-order valence-corrected chi connectivity index (χ0v) is 26.2. The number of rotatable bonds is 5. The second kappa shape index (κ2) is 11.7. The Kier molecular flexibility index (Phi) is 6.78. The van der Waals surface area contributed by atoms with Crippen molar-refractivity contribution in [2.45, 2.75) is 0 Å². The highest BCUT2D eigenvalue weighted by Crippen LogP contribution is 2.43. The Balaban J connectivity index is 1.24. The zero-order valence-electron chi connectivity index (χ0n) is 26.2. The van der Waals surface area contributed by atoms with Crippen molar-refractivity contribution in [2.24, 2.45) is 0 Å². The molecule has 0 amide bonds. The average molecular weight is 627 g/mol. The second-order valence-electron chi connectivity index (χ2n) is 11.9. The summed E-state index contributed by atoms with van der Waals surface area (Å²) in [5.41, 5.74) is 9.27. The smallest absolute Gasteiger partial charge is 0.164 e. The van der Waals surface area contributed by atoms with Gasteiger partial charge in [0.25, 0.3) is 0 Å². The molecule has 0 aliphatic carbocycles. The standard InChI is InChI=1S/C44H26N4O/c45-27-28-21-23-29(24-22-28)37-26-38-40-34(19-10-20-39(40)49-41(38)36-18-8-7-17-35(36)37)32-15-9-16-33(25-32)44-47-42(30-11-3-1-4-12-30)46-43(48-44)31-13-5-2-6-14-31/h1-26H. The molecule has 2 aromatic heterocycles. The van der Waals surface area contributed by atoms with E-state index in [2.05, 4.69) is 54.6 Å². The summed E-state index contributed by atoms with van der Waals surface area (Å²) < 4.78 is 6.62. The minimum Gasteiger partial charge on any atom is -0.455 e. The number of benzene rings is 7. The van der Waals surface area contributed by atoms with E-state index in [1.165, 1.54) is 0 Å². The maximum atomic E-state index is 9.39. The van der Waals surface area contributed by atoms with E-state index < -0.39 is 0 Å². The molecule has 0 saturated heterocycles. The van der Waals surface area contributed by atoms with Gasteiger partial charge in [-0.2, -0.15) is 5.26 Å². The summed E-state index contributed by atoms with van der Waals surface area (Å²) in [6.07, 6.45) is 0. The van der Waals surface area contributed by atoms with E-state index in [0.29, 0.717) is 23.0 Å². The van der Waals surface area contributed by atoms with Crippen LogP contribution in [0.25, 0.3) is 89.1 Å². The maximum absolute atomic E-state index is 9.39. The van der Waals surface area contributed by atoms with Crippen LogP contribution >= 0.6 is 0 Å². The third kappa shape index (κ3) is 5.00. The predicted octanol–water partition coefficient (Wildman–Crippen LogP) is 11.1. The molecule has 5 nitrogen and oxygen atoms in total. The normalized spacial score (nSPS) is 11.2. The molecule has 7 aromatic carbocycles. The van der Waals surface area contributed by atoms with Crippen LogP contribution in [0, 0.1) is 11.3 Å². The van der Waals surface area contributed by atoms with Crippen molar-refractivity contribution in [3.05, 3.63) is 163 Å². The van der Waals surface area contributed by atoms with Gasteiger partial charge in [0.05, 0.1) is 11.6 Å². The van der Waals surface area contributed by atoms with Crippen molar-refractivity contribution in [3.8, 4) is 62.5 Å². The van der Waals surface area contributed by atoms with Gasteiger partial charge < -0.3 is 4.42 Å². The Hall–Kier alpha value is -6.90. The van der Waals surface area contributed by atoms with Gasteiger partial charge in [0.1, 0.15) is 11.2 Å². The zero-order chi connectivity index (χ0) is 32.7. The number of nitrogens with zero attached hydrogens (tertiary/aromatic N) is 4. The van der Waals surface area contributed by atoms with E-state index in [-0.39, 0.29) is 0 Å². The van der Waals surface area contributed by atoms with Crippen LogP contribution in [0.4, 0.5) is 0 Å². The number of nitriles is 1. The van der Waals surface area contributed by atoms with Crippen molar-refractivity contribution < 1.29 is 4.42 Å². The first-order valence-electron chi connectivity index (χ1n) is 16.1. The molecular formula is C44H26N4O. The highest BCUT2D eigenvalue weighted by molar-refractivity contribution is 6.22. The van der Waals surface area contributed by atoms with Gasteiger partial charge in [-0.05, 0) is 58.0 Å². The number of aromatic nitrogens is 3. The van der Waals surface area contributed by atoms with Crippen LogP contribution in [0.2, 0.25) is 0 Å². The first-order valence-corrected chi connectivity index (χ1v) is 16.1. The summed E-state index contributed by atoms with van der Waals surface area (Å²) in [5, 5.41) is 13.6. The molecule has 0 aliphatic heterocycles. The fourth-order valence-corrected chi connectivity index (χ4v) is 6.62. The van der Waals surface area contributed by atoms with Gasteiger partial charge >= 0.3 is 0 Å². The van der Waals surface area contributed by atoms with Gasteiger partial charge in [-0.1, -0.05) is 127 Å². The van der Waals surface area contributed by atoms with Crippen LogP contribution in [0.1, 0.15) is 5.56 Å². The Morgan fingerprint density at radius 2 is 1.00 bits per heavy atom. The molecule has 0 radical (unpaired) electrons. The third-order valence-electron chi connectivity index (χ3n) is 8.96. The van der Waals surface area contributed by atoms with Crippen LogP contribution < -0.4 is 0 Å². The van der Waals surface area contributed by atoms with Crippen LogP contribution in [0.3, 0.4) is 0 Å². The molecule has 0 atom stereocenters. The second-order valence-corrected chi connectivity index (χ2v) is 11.9. The lowest BCUT2D eigenvalue weighted by Gasteiger charge is -2.11. The van der Waals surface area contributed by atoms with E-state index in [9.17, 15) is 5.26 Å². The summed E-state index contributed by atoms with van der Waals surface area (Å²) >= 11 is 0. The van der Waals surface area contributed by atoms with Gasteiger partial charge in [-0.25, -0.2) is 15.0 Å². The molecule has 0 N–H and O–H groups in total. The lowest BCUT2D eigenvalue weighted by molar-refractivity contribution is 0.673. The Bertz CT molecular complexity index is 2650. The molecule has 0 unspecified atom stereocenters. The summed E-state index contributed by atoms with van der Waals surface area (Å²) in [4.78, 5) is 14.8. The van der Waals surface area contributed by atoms with E-state index >= 15 is 0 Å². The third-order valence-corrected chi connectivity index (χ3v) is 8.96. The largest absolute Gasteiger partial charge is 0.455 e. The van der Waals surface area contributed by atoms with Gasteiger partial charge in [-0.15, -0.1) is 0 Å². The summed E-state index contributed by atoms with van der Waals surface area (Å²) in [5.74, 6) is 1.85. The van der Waals surface area contributed by atoms with Gasteiger partial charge in [0.15, 0.2) is 17.5 Å². The molecule has 9 rings (SSSR count). The maximum Gasteiger partial charge on any atom is 0.164 e. The van der Waals surface area contributed by atoms with Gasteiger partial charge in [-0.3, -0.25) is 0 Å². The van der Waals surface area contributed by atoms with E-state index in [1.807, 2.05) is 109 Å². The van der Waals surface area contributed by atoms with Crippen molar-refractivity contribution >= 4 is 32.7 Å². The first kappa shape index (κ1) is 28.3. The van der Waals surface area contributed by atoms with Crippen LogP contribution in [0.5, 0.6) is 0 Å². The summed E-state index contributed by atoms with van der Waals surface area (Å²) in [6, 6.07) is 55.2. The van der Waals surface area contributed by atoms with E-state index in [1.54, 1.807) is 0 Å². The number of furan rings is 1. The Morgan fingerprint density at radius 3 is 1.67 bits per heavy atom. The quantitative estimate of drug-likeness (QED) is 0.190. The topological polar surface area (TPSA) is 75.6 Å². The summed E-state index contributed by atoms with van der Waals surface area (Å²) in [7, 11) is 0. The van der Waals surface area contributed by atoms with Crippen molar-refractivity contribution in [1.29, 1.82) is 5.26 Å². The number of fused-ring (bicyclic) bond motifs is 5. The monoisotopic (exact) mass is 626 g/mol. The lowest BCUT2D eigenvalue weighted by atomic mass is 9.93. The minimum atomic E-state index is 0.605. The van der Waals surface area contributed by atoms with Crippen LogP contribution in [-0.4, -0.2) is 15.0 Å². The van der Waals surface area contributed by atoms with Gasteiger partial charge in [0.2, 0.25) is 0 Å². The molecule has 228 valence electrons. The SMILES string of the molecule is N#Cc1ccc(-c2cc3c(oc4cccc(-c5cccc(-c6nc(-c7ccccc7)nc(-c7ccccc7)n6)c5)c43)c3ccccc23)cc1. The molecule has 2 heterocycles. The molecule has 0 spiro atoms. The molecular weight excluding hydrogens is 601 g/mol. The van der Waals surface area contributed by atoms with Crippen LogP contribution in [0.15, 0.2) is 162 Å². The van der Waals surface area contributed by atoms with Crippen molar-refractivity contribution in [2.75, 3.05) is 0 Å². The molecule has 9 aromatic rings. The molecule has 0 bridgehead atoms. The van der Waals surface area contributed by atoms with E-state index in [0.717, 1.165) is 71.7 Å². The molecule has 0 aliphatic rings. The van der Waals surface area contributed by atoms with Gasteiger partial charge in [0, 0.05) is 32.8 Å². The Morgan fingerprint density at radius 1 is 0.429 bits per heavy atom. The van der Waals surface area contributed by atoms with Crippen molar-refractivity contribution in [3.63, 3.8) is 0 Å². The van der Waals surface area contributed by atoms with Crippen LogP contribution in [-0.2, 0) is 0 Å². The number of hydrogen-bond acceptors (Lipinski definition) is 5. The molecule has 0 saturated carbocycles. The minimum absolute atomic E-state index is 0.605. The fourth-order valence-electron chi connectivity index (χ4n) is 6.62. The lowest BCUT2D eigenvalue weighted by Crippen LogP contribution is -2.00. The highest BCUT2D eigenvalue weighted by atomic mass is 16.3. The highest BCUT2D eigenvalue weighted by Gasteiger charge is 2.19. The molecule has 49 heavy (non-hydrogen) atoms. The molecule has 0 fully saturated rings. The number of hydrogen-bond donors (Lipinski definition) is 0. The fraction of sp³-hybridized carbons (Fsp3) is 0. The molecule has 5 heteroatoms. The summed E-state index contributed by atoms with van der Waals surface area (Å²) in [6.45, 7) is 0. The first-order chi connectivity index (χ1) is 24.2. The average Bonchev–Trinajstić information content (AvgIpc) is 3.57.